The Morgan fingerprint density at radius 2 is 1.96 bits per heavy atom. The summed E-state index contributed by atoms with van der Waals surface area (Å²) in [6.45, 7) is 0.0970. The van der Waals surface area contributed by atoms with Crippen LogP contribution in [0.4, 0.5) is 18.9 Å². The molecule has 1 aromatic carbocycles. The standard InChI is InChI=1S/C17H17ClF3N3O2/c1-24(2)9-15(25)22-14-8-12(18)16(26)23-13(14)7-10-4-3-5-11(6-10)17(19,20)21/h3-6,8H,7,9H2,1-2H3,(H,22,25)(H,23,26). The molecule has 140 valence electrons. The molecule has 0 bridgehead atoms. The van der Waals surface area contributed by atoms with Crippen molar-refractivity contribution in [3.63, 3.8) is 0 Å². The number of hydrogen-bond donors (Lipinski definition) is 2. The highest BCUT2D eigenvalue weighted by Gasteiger charge is 2.30. The number of hydrogen-bond acceptors (Lipinski definition) is 3. The number of pyridine rings is 1. The molecule has 5 nitrogen and oxygen atoms in total. The second kappa shape index (κ2) is 7.92. The number of benzene rings is 1. The maximum atomic E-state index is 12.9. The first kappa shape index (κ1) is 20.0. The second-order valence-electron chi connectivity index (χ2n) is 6.00. The first-order valence-electron chi connectivity index (χ1n) is 7.58. The van der Waals surface area contributed by atoms with Crippen molar-refractivity contribution in [1.29, 1.82) is 0 Å². The topological polar surface area (TPSA) is 65.2 Å². The van der Waals surface area contributed by atoms with Crippen molar-refractivity contribution in [3.8, 4) is 0 Å². The largest absolute Gasteiger partial charge is 0.416 e. The number of likely N-dealkylation sites (N-methyl/N-ethyl adjacent to an activating group) is 1. The number of H-pyrrole nitrogens is 1. The molecule has 0 atom stereocenters. The third kappa shape index (κ3) is 5.34. The van der Waals surface area contributed by atoms with Crippen LogP contribution in [0, 0.1) is 0 Å². The van der Waals surface area contributed by atoms with Crippen molar-refractivity contribution in [2.75, 3.05) is 26.0 Å². The van der Waals surface area contributed by atoms with Crippen LogP contribution in [0.25, 0.3) is 0 Å². The van der Waals surface area contributed by atoms with Gasteiger partial charge in [0.2, 0.25) is 5.91 Å². The summed E-state index contributed by atoms with van der Waals surface area (Å²) in [5.41, 5.74) is -0.519. The fourth-order valence-corrected chi connectivity index (χ4v) is 2.49. The van der Waals surface area contributed by atoms with E-state index in [0.29, 0.717) is 5.56 Å². The quantitative estimate of drug-likeness (QED) is 0.828. The van der Waals surface area contributed by atoms with E-state index in [-0.39, 0.29) is 35.3 Å². The highest BCUT2D eigenvalue weighted by molar-refractivity contribution is 6.30. The van der Waals surface area contributed by atoms with Gasteiger partial charge in [-0.2, -0.15) is 13.2 Å². The SMILES string of the molecule is CN(C)CC(=O)Nc1cc(Cl)c(=O)[nH]c1Cc1cccc(C(F)(F)F)c1. The zero-order valence-corrected chi connectivity index (χ0v) is 14.8. The molecule has 2 rings (SSSR count). The number of carbonyl (C=O) groups excluding carboxylic acids is 1. The molecule has 2 N–H and O–H groups in total. The summed E-state index contributed by atoms with van der Waals surface area (Å²) in [6.07, 6.45) is -4.47. The van der Waals surface area contributed by atoms with Gasteiger partial charge in [-0.15, -0.1) is 0 Å². The van der Waals surface area contributed by atoms with Crippen LogP contribution >= 0.6 is 11.6 Å². The van der Waals surface area contributed by atoms with E-state index >= 15 is 0 Å². The fourth-order valence-electron chi connectivity index (χ4n) is 2.33. The van der Waals surface area contributed by atoms with Crippen molar-refractivity contribution in [2.45, 2.75) is 12.6 Å². The lowest BCUT2D eigenvalue weighted by Crippen LogP contribution is -2.28. The van der Waals surface area contributed by atoms with Gasteiger partial charge in [0.1, 0.15) is 5.02 Å². The Kier molecular flexibility index (Phi) is 6.09. The molecule has 0 aliphatic heterocycles. The van der Waals surface area contributed by atoms with E-state index in [4.69, 9.17) is 11.6 Å². The number of nitrogens with one attached hydrogen (secondary N) is 2. The molecule has 0 fully saturated rings. The Morgan fingerprint density at radius 1 is 1.27 bits per heavy atom. The normalized spacial score (nSPS) is 11.7. The lowest BCUT2D eigenvalue weighted by molar-refractivity contribution is -0.137. The minimum absolute atomic E-state index is 0.00605. The Morgan fingerprint density at radius 3 is 2.58 bits per heavy atom. The number of alkyl halides is 3. The van der Waals surface area contributed by atoms with E-state index < -0.39 is 17.3 Å². The molecule has 0 saturated heterocycles. The maximum absolute atomic E-state index is 12.9. The summed E-state index contributed by atoms with van der Waals surface area (Å²) in [5.74, 6) is -0.344. The smallest absolute Gasteiger partial charge is 0.323 e. The van der Waals surface area contributed by atoms with Crippen LogP contribution < -0.4 is 10.9 Å². The van der Waals surface area contributed by atoms with Gasteiger partial charge in [-0.1, -0.05) is 29.8 Å². The van der Waals surface area contributed by atoms with E-state index in [1.54, 1.807) is 19.0 Å². The van der Waals surface area contributed by atoms with Crippen LogP contribution in [-0.4, -0.2) is 36.4 Å². The van der Waals surface area contributed by atoms with Gasteiger partial charge >= 0.3 is 6.18 Å². The van der Waals surface area contributed by atoms with Crippen molar-refractivity contribution < 1.29 is 18.0 Å². The summed E-state index contributed by atoms with van der Waals surface area (Å²) in [7, 11) is 3.42. The van der Waals surface area contributed by atoms with Gasteiger partial charge < -0.3 is 15.2 Å². The third-order valence-corrected chi connectivity index (χ3v) is 3.73. The Bertz CT molecular complexity index is 863. The Balaban J connectivity index is 2.35. The predicted octanol–water partition coefficient (Wildman–Crippen LogP) is 3.14. The maximum Gasteiger partial charge on any atom is 0.416 e. The van der Waals surface area contributed by atoms with E-state index in [9.17, 15) is 22.8 Å². The minimum Gasteiger partial charge on any atom is -0.323 e. The fraction of sp³-hybridized carbons (Fsp3) is 0.294. The summed E-state index contributed by atoms with van der Waals surface area (Å²) in [5, 5.41) is 2.49. The van der Waals surface area contributed by atoms with Gasteiger partial charge in [0.15, 0.2) is 0 Å². The predicted molar refractivity (Wildman–Crippen MR) is 93.5 cm³/mol. The number of carbonyl (C=O) groups is 1. The Hall–Kier alpha value is -2.32. The molecular formula is C17H17ClF3N3O2. The molecule has 0 aliphatic carbocycles. The number of aromatic amines is 1. The number of amides is 1. The highest BCUT2D eigenvalue weighted by Crippen LogP contribution is 2.30. The van der Waals surface area contributed by atoms with Crippen molar-refractivity contribution in [3.05, 3.63) is 62.5 Å². The van der Waals surface area contributed by atoms with E-state index in [1.807, 2.05) is 0 Å². The molecule has 26 heavy (non-hydrogen) atoms. The number of rotatable bonds is 5. The monoisotopic (exact) mass is 387 g/mol. The average molecular weight is 388 g/mol. The Labute approximate surface area is 152 Å². The molecule has 0 radical (unpaired) electrons. The number of anilines is 1. The molecule has 0 saturated carbocycles. The van der Waals surface area contributed by atoms with Crippen molar-refractivity contribution in [2.24, 2.45) is 0 Å². The number of halogens is 4. The molecule has 0 unspecified atom stereocenters. The van der Waals surface area contributed by atoms with Gasteiger partial charge in [-0.3, -0.25) is 9.59 Å². The molecule has 1 amide bonds. The molecule has 2 aromatic rings. The first-order valence-corrected chi connectivity index (χ1v) is 7.96. The lowest BCUT2D eigenvalue weighted by Gasteiger charge is -2.14. The van der Waals surface area contributed by atoms with Crippen LogP contribution in [0.5, 0.6) is 0 Å². The van der Waals surface area contributed by atoms with Gasteiger partial charge in [0.05, 0.1) is 17.8 Å². The summed E-state index contributed by atoms with van der Waals surface area (Å²) >= 11 is 5.81. The average Bonchev–Trinajstić information content (AvgIpc) is 2.51. The van der Waals surface area contributed by atoms with Crippen LogP contribution in [0.1, 0.15) is 16.8 Å². The zero-order chi connectivity index (χ0) is 19.5. The van der Waals surface area contributed by atoms with Crippen molar-refractivity contribution in [1.82, 2.24) is 9.88 Å². The van der Waals surface area contributed by atoms with Gasteiger partial charge in [-0.25, -0.2) is 0 Å². The molecule has 1 heterocycles. The zero-order valence-electron chi connectivity index (χ0n) is 14.1. The summed E-state index contributed by atoms with van der Waals surface area (Å²) in [4.78, 5) is 27.9. The number of nitrogens with zero attached hydrogens (tertiary/aromatic N) is 1. The minimum atomic E-state index is -4.47. The molecule has 0 spiro atoms. The molecular weight excluding hydrogens is 371 g/mol. The second-order valence-corrected chi connectivity index (χ2v) is 6.41. The molecule has 1 aromatic heterocycles. The van der Waals surface area contributed by atoms with Crippen LogP contribution in [0.2, 0.25) is 5.02 Å². The van der Waals surface area contributed by atoms with Gasteiger partial charge in [0, 0.05) is 12.1 Å². The van der Waals surface area contributed by atoms with E-state index in [2.05, 4.69) is 10.3 Å². The van der Waals surface area contributed by atoms with Crippen LogP contribution in [0.15, 0.2) is 35.1 Å². The van der Waals surface area contributed by atoms with Gasteiger partial charge in [-0.05, 0) is 31.8 Å². The van der Waals surface area contributed by atoms with Crippen LogP contribution in [-0.2, 0) is 17.4 Å². The van der Waals surface area contributed by atoms with E-state index in [0.717, 1.165) is 12.1 Å². The van der Waals surface area contributed by atoms with Crippen LogP contribution in [0.3, 0.4) is 0 Å². The number of aromatic nitrogens is 1. The molecule has 9 heteroatoms. The summed E-state index contributed by atoms with van der Waals surface area (Å²) in [6, 6.07) is 6.05. The lowest BCUT2D eigenvalue weighted by atomic mass is 10.0. The highest BCUT2D eigenvalue weighted by atomic mass is 35.5. The van der Waals surface area contributed by atoms with Crippen molar-refractivity contribution >= 4 is 23.2 Å². The molecule has 0 aliphatic rings. The van der Waals surface area contributed by atoms with E-state index in [1.165, 1.54) is 18.2 Å². The third-order valence-electron chi connectivity index (χ3n) is 3.45. The first-order chi connectivity index (χ1) is 12.1. The van der Waals surface area contributed by atoms with Gasteiger partial charge in [0.25, 0.3) is 5.56 Å². The summed E-state index contributed by atoms with van der Waals surface area (Å²) < 4.78 is 38.6.